The van der Waals surface area contributed by atoms with E-state index in [0.717, 1.165) is 25.3 Å². The van der Waals surface area contributed by atoms with Gasteiger partial charge in [-0.05, 0) is 52.5 Å². The Morgan fingerprint density at radius 1 is 1.29 bits per heavy atom. The molecule has 0 saturated carbocycles. The quantitative estimate of drug-likeness (QED) is 0.749. The first-order valence-corrected chi connectivity index (χ1v) is 7.11. The van der Waals surface area contributed by atoms with Crippen molar-refractivity contribution in [1.29, 1.82) is 0 Å². The van der Waals surface area contributed by atoms with Gasteiger partial charge in [-0.3, -0.25) is 4.79 Å². The minimum Gasteiger partial charge on any atom is -0.340 e. The number of hydrogen-bond acceptors (Lipinski definition) is 2. The van der Waals surface area contributed by atoms with Crippen molar-refractivity contribution in [3.8, 4) is 0 Å². The van der Waals surface area contributed by atoms with Gasteiger partial charge in [0.2, 0.25) is 5.91 Å². The molecule has 0 aromatic heterocycles. The molecule has 2 heterocycles. The van der Waals surface area contributed by atoms with Crippen molar-refractivity contribution < 1.29 is 4.79 Å². The fourth-order valence-electron chi connectivity index (χ4n) is 3.27. The van der Waals surface area contributed by atoms with Crippen LogP contribution in [0, 0.1) is 5.92 Å². The Hall–Kier alpha value is -0.570. The lowest BCUT2D eigenvalue weighted by molar-refractivity contribution is -0.129. The summed E-state index contributed by atoms with van der Waals surface area (Å²) in [5.74, 6) is 1.16. The number of carbonyl (C=O) groups is 1. The average Bonchev–Trinajstić information content (AvgIpc) is 2.86. The first-order valence-electron chi connectivity index (χ1n) is 7.11. The lowest BCUT2D eigenvalue weighted by atomic mass is 9.99. The van der Waals surface area contributed by atoms with Gasteiger partial charge < -0.3 is 9.80 Å². The molecular weight excluding hydrogens is 212 g/mol. The van der Waals surface area contributed by atoms with Crippen molar-refractivity contribution >= 4 is 5.91 Å². The fourth-order valence-corrected chi connectivity index (χ4v) is 3.27. The monoisotopic (exact) mass is 238 g/mol. The van der Waals surface area contributed by atoms with Crippen molar-refractivity contribution in [2.45, 2.75) is 58.5 Å². The van der Waals surface area contributed by atoms with Crippen molar-refractivity contribution in [2.24, 2.45) is 5.92 Å². The molecule has 0 radical (unpaired) electrons. The summed E-state index contributed by atoms with van der Waals surface area (Å²) in [6, 6.07) is 1.12. The lowest BCUT2D eigenvalue weighted by Crippen LogP contribution is -2.36. The van der Waals surface area contributed by atoms with E-state index < -0.39 is 0 Å². The second-order valence-electron chi connectivity index (χ2n) is 6.02. The number of hydrogen-bond donors (Lipinski definition) is 0. The van der Waals surface area contributed by atoms with E-state index in [-0.39, 0.29) is 0 Å². The third-order valence-corrected chi connectivity index (χ3v) is 4.36. The van der Waals surface area contributed by atoms with Crippen LogP contribution in [0.2, 0.25) is 0 Å². The van der Waals surface area contributed by atoms with E-state index in [1.807, 2.05) is 0 Å². The number of amides is 1. The van der Waals surface area contributed by atoms with Crippen LogP contribution in [0.4, 0.5) is 0 Å². The summed E-state index contributed by atoms with van der Waals surface area (Å²) in [6.07, 6.45) is 4.33. The zero-order valence-electron chi connectivity index (χ0n) is 11.5. The Balaban J connectivity index is 1.79. The zero-order chi connectivity index (χ0) is 12.4. The Morgan fingerprint density at radius 2 is 2.06 bits per heavy atom. The van der Waals surface area contributed by atoms with E-state index in [9.17, 15) is 4.79 Å². The van der Waals surface area contributed by atoms with E-state index in [1.54, 1.807) is 0 Å². The van der Waals surface area contributed by atoms with Crippen molar-refractivity contribution in [2.75, 3.05) is 19.6 Å². The third-order valence-electron chi connectivity index (χ3n) is 4.36. The van der Waals surface area contributed by atoms with Crippen molar-refractivity contribution in [3.63, 3.8) is 0 Å². The molecule has 0 bridgehead atoms. The molecule has 2 aliphatic rings. The summed E-state index contributed by atoms with van der Waals surface area (Å²) in [5.41, 5.74) is 0. The second-order valence-corrected chi connectivity index (χ2v) is 6.02. The van der Waals surface area contributed by atoms with Crippen LogP contribution in [0.15, 0.2) is 0 Å². The normalized spacial score (nSPS) is 28.4. The van der Waals surface area contributed by atoms with Gasteiger partial charge in [-0.25, -0.2) is 0 Å². The molecule has 0 aromatic carbocycles. The zero-order valence-corrected chi connectivity index (χ0v) is 11.5. The van der Waals surface area contributed by atoms with Gasteiger partial charge in [0.05, 0.1) is 0 Å². The standard InChI is InChI=1S/C14H26N2O/c1-11(2)15-8-6-13(10-15)9-12(3)16-7-4-5-14(16)17/h11-13H,4-10H2,1-3H3. The molecule has 0 aromatic rings. The molecule has 0 spiro atoms. The van der Waals surface area contributed by atoms with Crippen LogP contribution in [0.1, 0.15) is 46.5 Å². The molecule has 2 aliphatic heterocycles. The van der Waals surface area contributed by atoms with Crippen LogP contribution in [-0.4, -0.2) is 47.4 Å². The first-order chi connectivity index (χ1) is 8.08. The Bertz CT molecular complexity index is 277. The molecule has 2 atom stereocenters. The highest BCUT2D eigenvalue weighted by Crippen LogP contribution is 2.26. The molecule has 2 fully saturated rings. The highest BCUT2D eigenvalue weighted by molar-refractivity contribution is 5.78. The second kappa shape index (κ2) is 5.38. The van der Waals surface area contributed by atoms with Gasteiger partial charge in [0.1, 0.15) is 0 Å². The molecule has 2 saturated heterocycles. The first kappa shape index (κ1) is 12.9. The summed E-state index contributed by atoms with van der Waals surface area (Å²) in [6.45, 7) is 10.2. The Labute approximate surface area is 105 Å². The molecule has 98 valence electrons. The largest absolute Gasteiger partial charge is 0.340 e. The minimum absolute atomic E-state index is 0.371. The summed E-state index contributed by atoms with van der Waals surface area (Å²) in [7, 11) is 0. The van der Waals surface area contributed by atoms with Gasteiger partial charge in [-0.15, -0.1) is 0 Å². The van der Waals surface area contributed by atoms with Crippen molar-refractivity contribution in [3.05, 3.63) is 0 Å². The smallest absolute Gasteiger partial charge is 0.222 e. The predicted octanol–water partition coefficient (Wildman–Crippen LogP) is 2.12. The molecular formula is C14H26N2O. The summed E-state index contributed by atoms with van der Waals surface area (Å²) in [5, 5.41) is 0. The van der Waals surface area contributed by atoms with E-state index >= 15 is 0 Å². The maximum Gasteiger partial charge on any atom is 0.222 e. The van der Waals surface area contributed by atoms with Gasteiger partial charge in [-0.1, -0.05) is 0 Å². The lowest BCUT2D eigenvalue weighted by Gasteiger charge is -2.27. The van der Waals surface area contributed by atoms with Gasteiger partial charge in [0.25, 0.3) is 0 Å². The number of carbonyl (C=O) groups excluding carboxylic acids is 1. The average molecular weight is 238 g/mol. The van der Waals surface area contributed by atoms with E-state index in [2.05, 4.69) is 30.6 Å². The summed E-state index contributed by atoms with van der Waals surface area (Å²) >= 11 is 0. The van der Waals surface area contributed by atoms with Crippen LogP contribution in [0.3, 0.4) is 0 Å². The maximum absolute atomic E-state index is 11.7. The van der Waals surface area contributed by atoms with Gasteiger partial charge in [0.15, 0.2) is 0 Å². The minimum atomic E-state index is 0.371. The Kier molecular flexibility index (Phi) is 4.08. The highest BCUT2D eigenvalue weighted by atomic mass is 16.2. The molecule has 2 unspecified atom stereocenters. The van der Waals surface area contributed by atoms with Gasteiger partial charge in [-0.2, -0.15) is 0 Å². The topological polar surface area (TPSA) is 23.6 Å². The third kappa shape index (κ3) is 3.01. The number of likely N-dealkylation sites (tertiary alicyclic amines) is 2. The molecule has 0 aliphatic carbocycles. The van der Waals surface area contributed by atoms with Crippen LogP contribution in [0.25, 0.3) is 0 Å². The van der Waals surface area contributed by atoms with E-state index in [4.69, 9.17) is 0 Å². The SMILES string of the molecule is CC(C)N1CCC(CC(C)N2CCCC2=O)C1. The maximum atomic E-state index is 11.7. The van der Waals surface area contributed by atoms with Crippen LogP contribution < -0.4 is 0 Å². The number of nitrogens with zero attached hydrogens (tertiary/aromatic N) is 2. The summed E-state index contributed by atoms with van der Waals surface area (Å²) < 4.78 is 0. The van der Waals surface area contributed by atoms with Crippen LogP contribution >= 0.6 is 0 Å². The fraction of sp³-hybridized carbons (Fsp3) is 0.929. The molecule has 3 nitrogen and oxygen atoms in total. The number of rotatable bonds is 4. The predicted molar refractivity (Wildman–Crippen MR) is 69.8 cm³/mol. The van der Waals surface area contributed by atoms with E-state index in [0.29, 0.717) is 18.0 Å². The van der Waals surface area contributed by atoms with Crippen molar-refractivity contribution in [1.82, 2.24) is 9.80 Å². The molecule has 0 N–H and O–H groups in total. The van der Waals surface area contributed by atoms with Crippen LogP contribution in [-0.2, 0) is 4.79 Å². The molecule has 17 heavy (non-hydrogen) atoms. The van der Waals surface area contributed by atoms with Gasteiger partial charge in [0, 0.05) is 31.6 Å². The molecule has 1 amide bonds. The molecule has 2 rings (SSSR count). The highest BCUT2D eigenvalue weighted by Gasteiger charge is 2.30. The molecule has 3 heteroatoms. The Morgan fingerprint density at radius 3 is 2.59 bits per heavy atom. The van der Waals surface area contributed by atoms with E-state index in [1.165, 1.54) is 25.9 Å². The summed E-state index contributed by atoms with van der Waals surface area (Å²) in [4.78, 5) is 16.3. The van der Waals surface area contributed by atoms with Crippen LogP contribution in [0.5, 0.6) is 0 Å². The van der Waals surface area contributed by atoms with Gasteiger partial charge >= 0.3 is 0 Å².